The maximum Gasteiger partial charge on any atom is 0.497 e. The van der Waals surface area contributed by atoms with Crippen molar-refractivity contribution >= 4 is 25.0 Å². The number of hydrogen-bond donors (Lipinski definition) is 0. The van der Waals surface area contributed by atoms with Crippen LogP contribution in [-0.4, -0.2) is 37.5 Å². The number of pyridine rings is 1. The Hall–Kier alpha value is -2.52. The van der Waals surface area contributed by atoms with Crippen molar-refractivity contribution in [2.24, 2.45) is 10.3 Å². The van der Waals surface area contributed by atoms with Crippen LogP contribution in [-0.2, 0) is 24.0 Å². The lowest BCUT2D eigenvalue weighted by molar-refractivity contribution is -0.176. The zero-order valence-electron chi connectivity index (χ0n) is 16.7. The van der Waals surface area contributed by atoms with Crippen LogP contribution in [0.5, 0.6) is 0 Å². The fraction of sp³-hybridized carbons (Fsp3) is 0.389. The number of anilines is 2. The lowest BCUT2D eigenvalue weighted by Crippen LogP contribution is -2.62. The normalized spacial score (nSPS) is 20.3. The first-order valence-corrected chi connectivity index (χ1v) is 10.8. The van der Waals surface area contributed by atoms with E-state index in [0.29, 0.717) is 5.69 Å². The van der Waals surface area contributed by atoms with Gasteiger partial charge in [-0.25, -0.2) is 9.55 Å². The highest BCUT2D eigenvalue weighted by molar-refractivity contribution is 7.48. The molecule has 0 aliphatic carbocycles. The molecule has 1 aromatic carbocycles. The fourth-order valence-corrected chi connectivity index (χ4v) is 4.87. The Morgan fingerprint density at radius 2 is 1.76 bits per heavy atom. The van der Waals surface area contributed by atoms with Gasteiger partial charge in [0.15, 0.2) is 5.82 Å². The number of nitrogens with zero attached hydrogens (tertiary/aromatic N) is 6. The van der Waals surface area contributed by atoms with Gasteiger partial charge >= 0.3 is 7.82 Å². The Kier molecular flexibility index (Phi) is 5.04. The van der Waals surface area contributed by atoms with Crippen LogP contribution in [0, 0.1) is 0 Å². The van der Waals surface area contributed by atoms with Crippen molar-refractivity contribution in [3.63, 3.8) is 0 Å². The molecule has 4 rings (SSSR count). The Labute approximate surface area is 169 Å². The van der Waals surface area contributed by atoms with E-state index in [0.717, 1.165) is 17.1 Å². The smallest absolute Gasteiger partial charge is 0.325 e. The van der Waals surface area contributed by atoms with Gasteiger partial charge in [0.2, 0.25) is 0 Å². The Bertz CT molecular complexity index is 947. The van der Waals surface area contributed by atoms with Gasteiger partial charge in [-0.1, -0.05) is 23.4 Å². The van der Waals surface area contributed by atoms with Crippen LogP contribution in [0.1, 0.15) is 19.4 Å². The summed E-state index contributed by atoms with van der Waals surface area (Å²) in [7, 11) is -0.164. The van der Waals surface area contributed by atoms with Crippen molar-refractivity contribution < 1.29 is 18.2 Å². The lowest BCUT2D eigenvalue weighted by Gasteiger charge is -2.47. The number of phosphoric ester groups is 1. The minimum absolute atomic E-state index is 0.152. The third-order valence-corrected chi connectivity index (χ3v) is 6.40. The van der Waals surface area contributed by atoms with E-state index < -0.39 is 13.6 Å². The quantitative estimate of drug-likeness (QED) is 0.645. The summed E-state index contributed by atoms with van der Waals surface area (Å²) in [4.78, 5) is 8.37. The second-order valence-electron chi connectivity index (χ2n) is 6.44. The first-order valence-electron chi connectivity index (χ1n) is 9.31. The van der Waals surface area contributed by atoms with Crippen molar-refractivity contribution in [1.29, 1.82) is 0 Å². The minimum atomic E-state index is -3.93. The molecule has 2 aliphatic heterocycles. The SMILES string of the molecule is CCOP(=O)(OCC)ON1N=Nc2ccccc2C12N(C)c1cccnc1N2C. The van der Waals surface area contributed by atoms with Gasteiger partial charge in [0.25, 0.3) is 5.79 Å². The molecule has 1 spiro atoms. The first-order chi connectivity index (χ1) is 14.0. The molecule has 0 saturated heterocycles. The van der Waals surface area contributed by atoms with Crippen molar-refractivity contribution in [1.82, 2.24) is 10.2 Å². The van der Waals surface area contributed by atoms with Crippen LogP contribution < -0.4 is 9.80 Å². The van der Waals surface area contributed by atoms with E-state index in [9.17, 15) is 4.57 Å². The largest absolute Gasteiger partial charge is 0.497 e. The third-order valence-electron chi connectivity index (χ3n) is 4.90. The van der Waals surface area contributed by atoms with Crippen LogP contribution in [0.4, 0.5) is 17.2 Å². The van der Waals surface area contributed by atoms with Crippen LogP contribution in [0.3, 0.4) is 0 Å². The van der Waals surface area contributed by atoms with Gasteiger partial charge < -0.3 is 9.80 Å². The Morgan fingerprint density at radius 3 is 2.45 bits per heavy atom. The summed E-state index contributed by atoms with van der Waals surface area (Å²) in [5.74, 6) is -0.406. The molecule has 11 heteroatoms. The summed E-state index contributed by atoms with van der Waals surface area (Å²) in [5, 5.41) is 9.67. The minimum Gasteiger partial charge on any atom is -0.325 e. The molecule has 1 aromatic heterocycles. The van der Waals surface area contributed by atoms with Gasteiger partial charge in [-0.3, -0.25) is 9.05 Å². The van der Waals surface area contributed by atoms with Crippen molar-refractivity contribution in [2.45, 2.75) is 19.6 Å². The van der Waals surface area contributed by atoms with Gasteiger partial charge in [0.1, 0.15) is 0 Å². The molecule has 0 fully saturated rings. The standard InChI is InChI=1S/C18H23N6O4P/c1-5-26-29(25,27-6-2)28-24-18(14-10-7-8-11-15(14)20-21-24)22(3)16-12-9-13-19-17(16)23(18)4/h7-13H,5-6H2,1-4H3. The van der Waals surface area contributed by atoms with Gasteiger partial charge in [-0.05, 0) is 37.3 Å². The van der Waals surface area contributed by atoms with Crippen molar-refractivity contribution in [3.8, 4) is 0 Å². The maximum atomic E-state index is 13.2. The summed E-state index contributed by atoms with van der Waals surface area (Å²) in [6, 6.07) is 11.4. The predicted molar refractivity (Wildman–Crippen MR) is 107 cm³/mol. The molecule has 0 amide bonds. The van der Waals surface area contributed by atoms with E-state index >= 15 is 0 Å². The Balaban J connectivity index is 1.88. The molecule has 0 saturated carbocycles. The summed E-state index contributed by atoms with van der Waals surface area (Å²) in [6.07, 6.45) is 1.72. The number of benzene rings is 1. The molecule has 1 unspecified atom stereocenters. The van der Waals surface area contributed by atoms with Crippen LogP contribution in [0.15, 0.2) is 52.9 Å². The molecule has 2 aliphatic rings. The first kappa shape index (κ1) is 19.8. The second-order valence-corrected chi connectivity index (χ2v) is 8.02. The van der Waals surface area contributed by atoms with Crippen molar-refractivity contribution in [3.05, 3.63) is 48.2 Å². The summed E-state index contributed by atoms with van der Waals surface area (Å²) < 4.78 is 29.6. The second kappa shape index (κ2) is 7.38. The van der Waals surface area contributed by atoms with Gasteiger partial charge in [-0.2, -0.15) is 0 Å². The highest BCUT2D eigenvalue weighted by Gasteiger charge is 2.58. The fourth-order valence-electron chi connectivity index (χ4n) is 3.73. The van der Waals surface area contributed by atoms with Gasteiger partial charge in [0.05, 0.1) is 30.2 Å². The Morgan fingerprint density at radius 1 is 1.03 bits per heavy atom. The average Bonchev–Trinajstić information content (AvgIpc) is 2.94. The number of fused-ring (bicyclic) bond motifs is 3. The summed E-state index contributed by atoms with van der Waals surface area (Å²) in [6.45, 7) is 3.73. The van der Waals surface area contributed by atoms with E-state index in [1.54, 1.807) is 20.0 Å². The van der Waals surface area contributed by atoms with Crippen LogP contribution >= 0.6 is 7.82 Å². The zero-order valence-corrected chi connectivity index (χ0v) is 17.6. The lowest BCUT2D eigenvalue weighted by atomic mass is 10.0. The summed E-state index contributed by atoms with van der Waals surface area (Å²) in [5.41, 5.74) is 2.32. The van der Waals surface area contributed by atoms with E-state index in [1.807, 2.05) is 60.3 Å². The van der Waals surface area contributed by atoms with E-state index in [4.69, 9.17) is 13.7 Å². The molecule has 154 valence electrons. The molecule has 3 heterocycles. The topological polar surface area (TPSA) is 92.1 Å². The number of phosphoric acid groups is 1. The molecule has 0 N–H and O–H groups in total. The highest BCUT2D eigenvalue weighted by atomic mass is 31.2. The molecular formula is C18H23N6O4P. The predicted octanol–water partition coefficient (Wildman–Crippen LogP) is 4.21. The van der Waals surface area contributed by atoms with Crippen LogP contribution in [0.25, 0.3) is 0 Å². The number of hydroxylamine groups is 1. The molecule has 10 nitrogen and oxygen atoms in total. The third kappa shape index (κ3) is 2.91. The number of hydrogen-bond acceptors (Lipinski definition) is 10. The molecule has 2 aromatic rings. The van der Waals surface area contributed by atoms with Crippen molar-refractivity contribution in [2.75, 3.05) is 37.1 Å². The van der Waals surface area contributed by atoms with E-state index in [-0.39, 0.29) is 13.2 Å². The van der Waals surface area contributed by atoms with E-state index in [2.05, 4.69) is 15.3 Å². The van der Waals surface area contributed by atoms with Crippen LogP contribution in [0.2, 0.25) is 0 Å². The average molecular weight is 418 g/mol. The summed E-state index contributed by atoms with van der Waals surface area (Å²) >= 11 is 0. The monoisotopic (exact) mass is 418 g/mol. The zero-order chi connectivity index (χ0) is 20.6. The van der Waals surface area contributed by atoms with Gasteiger partial charge in [0, 0.05) is 20.3 Å². The molecule has 1 atom stereocenters. The molecule has 0 radical (unpaired) electrons. The van der Waals surface area contributed by atoms with E-state index in [1.165, 1.54) is 5.17 Å². The highest BCUT2D eigenvalue weighted by Crippen LogP contribution is 2.58. The number of rotatable bonds is 6. The maximum absolute atomic E-state index is 13.2. The molecule has 29 heavy (non-hydrogen) atoms. The number of aromatic nitrogens is 1. The van der Waals surface area contributed by atoms with Gasteiger partial charge in [-0.15, -0.1) is 9.74 Å². The molecular weight excluding hydrogens is 395 g/mol. The molecule has 0 bridgehead atoms.